The number of sulfonamides is 1. The number of ether oxygens (including phenoxy) is 1. The van der Waals surface area contributed by atoms with Crippen molar-refractivity contribution >= 4 is 33.2 Å². The molecule has 19 heavy (non-hydrogen) atoms. The number of aliphatic hydroxyl groups is 1. The molecule has 0 saturated carbocycles. The van der Waals surface area contributed by atoms with Crippen LogP contribution >= 0.6 is 23.2 Å². The summed E-state index contributed by atoms with van der Waals surface area (Å²) in [5.74, 6) is 0. The molecule has 1 aromatic carbocycles. The maximum absolute atomic E-state index is 12.5. The highest BCUT2D eigenvalue weighted by atomic mass is 35.5. The fourth-order valence-electron chi connectivity index (χ4n) is 1.91. The minimum absolute atomic E-state index is 0.0188. The molecule has 1 heterocycles. The van der Waals surface area contributed by atoms with Crippen LogP contribution in [0.15, 0.2) is 23.1 Å². The van der Waals surface area contributed by atoms with Crippen LogP contribution in [0.25, 0.3) is 0 Å². The summed E-state index contributed by atoms with van der Waals surface area (Å²) in [6.07, 6.45) is 0. The Bertz CT molecular complexity index is 544. The molecule has 1 aromatic rings. The third-order valence-corrected chi connectivity index (χ3v) is 5.19. The SMILES string of the molecule is O=S(=O)(c1cc(Cl)cc(Cl)c1)N1CCOCC1CO. The van der Waals surface area contributed by atoms with Gasteiger partial charge in [-0.1, -0.05) is 23.2 Å². The Hall–Kier alpha value is -0.370. The van der Waals surface area contributed by atoms with E-state index in [9.17, 15) is 13.5 Å². The van der Waals surface area contributed by atoms with E-state index in [-0.39, 0.29) is 34.7 Å². The monoisotopic (exact) mass is 325 g/mol. The van der Waals surface area contributed by atoms with Gasteiger partial charge in [0.25, 0.3) is 0 Å². The standard InChI is InChI=1S/C11H13Cl2NO4S/c12-8-3-9(13)5-11(4-8)19(16,17)14-1-2-18-7-10(14)6-15/h3-5,10,15H,1-2,6-7H2. The molecule has 0 radical (unpaired) electrons. The first-order chi connectivity index (χ1) is 8.95. The quantitative estimate of drug-likeness (QED) is 0.911. The minimum Gasteiger partial charge on any atom is -0.395 e. The number of halogens is 2. The molecule has 5 nitrogen and oxygen atoms in total. The Kier molecular flexibility index (Phi) is 4.70. The van der Waals surface area contributed by atoms with E-state index in [0.29, 0.717) is 6.61 Å². The molecule has 0 amide bonds. The smallest absolute Gasteiger partial charge is 0.243 e. The van der Waals surface area contributed by atoms with Crippen molar-refractivity contribution in [2.75, 3.05) is 26.4 Å². The molecule has 0 bridgehead atoms. The zero-order valence-corrected chi connectivity index (χ0v) is 12.2. The van der Waals surface area contributed by atoms with Crippen molar-refractivity contribution in [3.63, 3.8) is 0 Å². The number of nitrogens with zero attached hydrogens (tertiary/aromatic N) is 1. The van der Waals surface area contributed by atoms with E-state index in [1.165, 1.54) is 22.5 Å². The Morgan fingerprint density at radius 2 is 1.95 bits per heavy atom. The van der Waals surface area contributed by atoms with Gasteiger partial charge in [0.2, 0.25) is 10.0 Å². The number of benzene rings is 1. The maximum Gasteiger partial charge on any atom is 0.243 e. The molecule has 8 heteroatoms. The Morgan fingerprint density at radius 1 is 1.32 bits per heavy atom. The first-order valence-corrected chi connectivity index (χ1v) is 7.81. The average molecular weight is 326 g/mol. The van der Waals surface area contributed by atoms with Gasteiger partial charge in [-0.25, -0.2) is 8.42 Å². The summed E-state index contributed by atoms with van der Waals surface area (Å²) in [5.41, 5.74) is 0. The summed E-state index contributed by atoms with van der Waals surface area (Å²) in [6, 6.07) is 3.56. The molecule has 1 unspecified atom stereocenters. The van der Waals surface area contributed by atoms with Crippen LogP contribution in [0.1, 0.15) is 0 Å². The van der Waals surface area contributed by atoms with Crippen molar-refractivity contribution in [1.82, 2.24) is 4.31 Å². The number of morpholine rings is 1. The van der Waals surface area contributed by atoms with Gasteiger partial charge in [0, 0.05) is 16.6 Å². The number of hydrogen-bond donors (Lipinski definition) is 1. The Labute approximate surface area is 121 Å². The summed E-state index contributed by atoms with van der Waals surface area (Å²) in [4.78, 5) is 0.0188. The second kappa shape index (κ2) is 5.95. The average Bonchev–Trinajstić information content (AvgIpc) is 2.37. The van der Waals surface area contributed by atoms with Crippen LogP contribution in [0, 0.1) is 0 Å². The molecule has 2 rings (SSSR count). The number of rotatable bonds is 3. The van der Waals surface area contributed by atoms with Gasteiger partial charge in [-0.2, -0.15) is 4.31 Å². The van der Waals surface area contributed by atoms with Gasteiger partial charge >= 0.3 is 0 Å². The summed E-state index contributed by atoms with van der Waals surface area (Å²) in [7, 11) is -3.74. The lowest BCUT2D eigenvalue weighted by molar-refractivity contribution is 0.0109. The second-order valence-electron chi connectivity index (χ2n) is 4.13. The van der Waals surface area contributed by atoms with E-state index in [0.717, 1.165) is 0 Å². The van der Waals surface area contributed by atoms with Gasteiger partial charge in [-0.15, -0.1) is 0 Å². The topological polar surface area (TPSA) is 66.8 Å². The molecular formula is C11H13Cl2NO4S. The van der Waals surface area contributed by atoms with E-state index in [4.69, 9.17) is 27.9 Å². The van der Waals surface area contributed by atoms with Gasteiger partial charge in [0.05, 0.1) is 30.8 Å². The van der Waals surface area contributed by atoms with Crippen LogP contribution < -0.4 is 0 Å². The number of aliphatic hydroxyl groups excluding tert-OH is 1. The first kappa shape index (κ1) is 15.0. The van der Waals surface area contributed by atoms with Crippen LogP contribution in [0.3, 0.4) is 0 Å². The van der Waals surface area contributed by atoms with Gasteiger partial charge in [0.1, 0.15) is 0 Å². The Balaban J connectivity index is 2.40. The largest absolute Gasteiger partial charge is 0.395 e. The summed E-state index contributed by atoms with van der Waals surface area (Å²) >= 11 is 11.6. The van der Waals surface area contributed by atoms with Crippen molar-refractivity contribution in [2.45, 2.75) is 10.9 Å². The molecule has 1 aliphatic heterocycles. The van der Waals surface area contributed by atoms with Gasteiger partial charge < -0.3 is 9.84 Å². The van der Waals surface area contributed by atoms with Crippen molar-refractivity contribution in [2.24, 2.45) is 0 Å². The van der Waals surface area contributed by atoms with Gasteiger partial charge in [-0.05, 0) is 18.2 Å². The molecule has 1 fully saturated rings. The highest BCUT2D eigenvalue weighted by molar-refractivity contribution is 7.89. The van der Waals surface area contributed by atoms with E-state index >= 15 is 0 Å². The van der Waals surface area contributed by atoms with E-state index < -0.39 is 16.1 Å². The molecule has 1 aliphatic rings. The summed E-state index contributed by atoms with van der Waals surface area (Å²) in [5, 5.41) is 9.74. The lowest BCUT2D eigenvalue weighted by Crippen LogP contribution is -2.50. The molecule has 0 spiro atoms. The third-order valence-electron chi connectivity index (χ3n) is 2.83. The van der Waals surface area contributed by atoms with Crippen molar-refractivity contribution in [1.29, 1.82) is 0 Å². The van der Waals surface area contributed by atoms with Crippen LogP contribution in [0.4, 0.5) is 0 Å². The highest BCUT2D eigenvalue weighted by Gasteiger charge is 2.33. The fourth-order valence-corrected chi connectivity index (χ4v) is 4.23. The van der Waals surface area contributed by atoms with Crippen LogP contribution in [0.5, 0.6) is 0 Å². The normalized spacial score (nSPS) is 21.5. The molecular weight excluding hydrogens is 313 g/mol. The van der Waals surface area contributed by atoms with Crippen LogP contribution in [-0.4, -0.2) is 50.2 Å². The predicted molar refractivity (Wildman–Crippen MR) is 72.0 cm³/mol. The molecule has 1 atom stereocenters. The highest BCUT2D eigenvalue weighted by Crippen LogP contribution is 2.26. The van der Waals surface area contributed by atoms with Crippen molar-refractivity contribution in [3.8, 4) is 0 Å². The summed E-state index contributed by atoms with van der Waals surface area (Å²) < 4.78 is 31.4. The fraction of sp³-hybridized carbons (Fsp3) is 0.455. The minimum atomic E-state index is -3.74. The van der Waals surface area contributed by atoms with E-state index in [2.05, 4.69) is 0 Å². The molecule has 106 valence electrons. The second-order valence-corrected chi connectivity index (χ2v) is 6.90. The molecule has 0 aliphatic carbocycles. The Morgan fingerprint density at radius 3 is 2.53 bits per heavy atom. The molecule has 0 aromatic heterocycles. The van der Waals surface area contributed by atoms with Crippen molar-refractivity contribution in [3.05, 3.63) is 28.2 Å². The zero-order chi connectivity index (χ0) is 14.0. The van der Waals surface area contributed by atoms with Crippen LogP contribution in [-0.2, 0) is 14.8 Å². The van der Waals surface area contributed by atoms with E-state index in [1.54, 1.807) is 0 Å². The van der Waals surface area contributed by atoms with Crippen LogP contribution in [0.2, 0.25) is 10.0 Å². The lowest BCUT2D eigenvalue weighted by atomic mass is 10.3. The van der Waals surface area contributed by atoms with Gasteiger partial charge in [0.15, 0.2) is 0 Å². The van der Waals surface area contributed by atoms with Gasteiger partial charge in [-0.3, -0.25) is 0 Å². The molecule has 1 N–H and O–H groups in total. The number of hydrogen-bond acceptors (Lipinski definition) is 4. The zero-order valence-electron chi connectivity index (χ0n) is 9.92. The summed E-state index contributed by atoms with van der Waals surface area (Å²) in [6.45, 7) is 0.360. The van der Waals surface area contributed by atoms with Crippen molar-refractivity contribution < 1.29 is 18.3 Å². The third kappa shape index (κ3) is 3.21. The first-order valence-electron chi connectivity index (χ1n) is 5.61. The lowest BCUT2D eigenvalue weighted by Gasteiger charge is -2.33. The maximum atomic E-state index is 12.5. The predicted octanol–water partition coefficient (Wildman–Crippen LogP) is 1.38. The van der Waals surface area contributed by atoms with E-state index in [1.807, 2.05) is 0 Å². The molecule has 1 saturated heterocycles.